The molecule has 29 heavy (non-hydrogen) atoms. The van der Waals surface area contributed by atoms with E-state index in [4.69, 9.17) is 23.7 Å². The van der Waals surface area contributed by atoms with E-state index >= 15 is 0 Å². The SMILES string of the molecule is CCCCCCCCCC(=O)OCCOCCOCCOCCOCC(C)CC. The highest BCUT2D eigenvalue weighted by Crippen LogP contribution is 2.08. The molecule has 0 radical (unpaired) electrons. The maximum atomic E-state index is 11.6. The summed E-state index contributed by atoms with van der Waals surface area (Å²) in [5.41, 5.74) is 0. The van der Waals surface area contributed by atoms with Gasteiger partial charge in [0.05, 0.1) is 46.2 Å². The average molecular weight is 419 g/mol. The first-order valence-corrected chi connectivity index (χ1v) is 11.7. The number of carbonyl (C=O) groups is 1. The predicted molar refractivity (Wildman–Crippen MR) is 116 cm³/mol. The van der Waals surface area contributed by atoms with Crippen LogP contribution in [0.2, 0.25) is 0 Å². The van der Waals surface area contributed by atoms with Gasteiger partial charge in [0.15, 0.2) is 0 Å². The van der Waals surface area contributed by atoms with Gasteiger partial charge in [0.1, 0.15) is 6.61 Å². The summed E-state index contributed by atoms with van der Waals surface area (Å²) in [5, 5.41) is 0. The Labute approximate surface area is 178 Å². The number of rotatable bonds is 23. The van der Waals surface area contributed by atoms with Gasteiger partial charge in [-0.1, -0.05) is 65.7 Å². The molecule has 0 N–H and O–H groups in total. The number of esters is 1. The number of hydrogen-bond donors (Lipinski definition) is 0. The first kappa shape index (κ1) is 28.3. The fourth-order valence-electron chi connectivity index (χ4n) is 2.58. The molecule has 6 nitrogen and oxygen atoms in total. The summed E-state index contributed by atoms with van der Waals surface area (Å²) in [7, 11) is 0. The highest BCUT2D eigenvalue weighted by molar-refractivity contribution is 5.69. The lowest BCUT2D eigenvalue weighted by Gasteiger charge is -2.10. The van der Waals surface area contributed by atoms with Gasteiger partial charge < -0.3 is 23.7 Å². The van der Waals surface area contributed by atoms with Crippen molar-refractivity contribution < 1.29 is 28.5 Å². The summed E-state index contributed by atoms with van der Waals surface area (Å²) in [4.78, 5) is 11.6. The Morgan fingerprint density at radius 1 is 0.655 bits per heavy atom. The molecule has 0 rings (SSSR count). The van der Waals surface area contributed by atoms with Crippen LogP contribution in [0.3, 0.4) is 0 Å². The zero-order chi connectivity index (χ0) is 21.4. The third kappa shape index (κ3) is 23.5. The second kappa shape index (κ2) is 23.6. The monoisotopic (exact) mass is 418 g/mol. The molecular formula is C23H46O6. The van der Waals surface area contributed by atoms with E-state index in [-0.39, 0.29) is 5.97 Å². The minimum atomic E-state index is -0.122. The topological polar surface area (TPSA) is 63.2 Å². The van der Waals surface area contributed by atoms with Crippen molar-refractivity contribution in [2.45, 2.75) is 78.6 Å². The van der Waals surface area contributed by atoms with Crippen LogP contribution in [0.4, 0.5) is 0 Å². The summed E-state index contributed by atoms with van der Waals surface area (Å²) >= 11 is 0. The van der Waals surface area contributed by atoms with Gasteiger partial charge in [-0.05, 0) is 12.3 Å². The molecule has 0 saturated carbocycles. The molecule has 6 heteroatoms. The molecule has 0 aliphatic heterocycles. The molecule has 0 aromatic rings. The van der Waals surface area contributed by atoms with E-state index < -0.39 is 0 Å². The average Bonchev–Trinajstić information content (AvgIpc) is 2.73. The van der Waals surface area contributed by atoms with E-state index in [1.165, 1.54) is 32.1 Å². The highest BCUT2D eigenvalue weighted by atomic mass is 16.6. The largest absolute Gasteiger partial charge is 0.463 e. The van der Waals surface area contributed by atoms with Gasteiger partial charge in [0, 0.05) is 13.0 Å². The van der Waals surface area contributed by atoms with Gasteiger partial charge in [-0.15, -0.1) is 0 Å². The molecular weight excluding hydrogens is 372 g/mol. The fourth-order valence-corrected chi connectivity index (χ4v) is 2.58. The van der Waals surface area contributed by atoms with E-state index in [0.29, 0.717) is 65.2 Å². The first-order valence-electron chi connectivity index (χ1n) is 11.7. The standard InChI is InChI=1S/C23H46O6/c1-4-6-7-8-9-10-11-12-23(24)29-20-19-27-16-15-25-13-14-26-17-18-28-21-22(3)5-2/h22H,4-21H2,1-3H3. The molecule has 1 unspecified atom stereocenters. The van der Waals surface area contributed by atoms with Crippen LogP contribution in [0.15, 0.2) is 0 Å². The lowest BCUT2D eigenvalue weighted by Crippen LogP contribution is -2.15. The highest BCUT2D eigenvalue weighted by Gasteiger charge is 2.02. The quantitative estimate of drug-likeness (QED) is 0.176. The van der Waals surface area contributed by atoms with Gasteiger partial charge >= 0.3 is 5.97 Å². The molecule has 0 aliphatic carbocycles. The zero-order valence-electron chi connectivity index (χ0n) is 19.3. The fraction of sp³-hybridized carbons (Fsp3) is 0.957. The van der Waals surface area contributed by atoms with Crippen molar-refractivity contribution in [1.29, 1.82) is 0 Å². The van der Waals surface area contributed by atoms with E-state index in [9.17, 15) is 4.79 Å². The van der Waals surface area contributed by atoms with Crippen molar-refractivity contribution in [1.82, 2.24) is 0 Å². The van der Waals surface area contributed by atoms with Crippen LogP contribution >= 0.6 is 0 Å². The molecule has 0 saturated heterocycles. The summed E-state index contributed by atoms with van der Waals surface area (Å²) < 4.78 is 26.9. The third-order valence-corrected chi connectivity index (χ3v) is 4.69. The van der Waals surface area contributed by atoms with Gasteiger partial charge in [0.2, 0.25) is 0 Å². The lowest BCUT2D eigenvalue weighted by atomic mass is 10.1. The van der Waals surface area contributed by atoms with Crippen molar-refractivity contribution >= 4 is 5.97 Å². The van der Waals surface area contributed by atoms with Crippen LogP contribution in [-0.4, -0.2) is 65.4 Å². The van der Waals surface area contributed by atoms with Crippen molar-refractivity contribution in [2.75, 3.05) is 59.5 Å². The van der Waals surface area contributed by atoms with Gasteiger partial charge in [0.25, 0.3) is 0 Å². The van der Waals surface area contributed by atoms with Crippen molar-refractivity contribution in [3.8, 4) is 0 Å². The molecule has 0 aliphatic rings. The Kier molecular flexibility index (Phi) is 23.0. The van der Waals surface area contributed by atoms with Gasteiger partial charge in [-0.2, -0.15) is 0 Å². The molecule has 0 heterocycles. The Balaban J connectivity index is 3.14. The maximum absolute atomic E-state index is 11.6. The van der Waals surface area contributed by atoms with E-state index in [1.807, 2.05) is 0 Å². The third-order valence-electron chi connectivity index (χ3n) is 4.69. The summed E-state index contributed by atoms with van der Waals surface area (Å²) in [6.45, 7) is 11.4. The second-order valence-corrected chi connectivity index (χ2v) is 7.52. The van der Waals surface area contributed by atoms with Crippen molar-refractivity contribution in [3.05, 3.63) is 0 Å². The molecule has 0 amide bonds. The number of carbonyl (C=O) groups excluding carboxylic acids is 1. The molecule has 174 valence electrons. The molecule has 0 spiro atoms. The Hall–Kier alpha value is -0.690. The number of ether oxygens (including phenoxy) is 5. The zero-order valence-corrected chi connectivity index (χ0v) is 19.3. The van der Waals surface area contributed by atoms with E-state index in [2.05, 4.69) is 20.8 Å². The van der Waals surface area contributed by atoms with Crippen LogP contribution in [0.5, 0.6) is 0 Å². The number of unbranched alkanes of at least 4 members (excludes halogenated alkanes) is 6. The van der Waals surface area contributed by atoms with Crippen LogP contribution < -0.4 is 0 Å². The van der Waals surface area contributed by atoms with Crippen LogP contribution in [0, 0.1) is 5.92 Å². The first-order chi connectivity index (χ1) is 14.2. The minimum Gasteiger partial charge on any atom is -0.463 e. The van der Waals surface area contributed by atoms with Crippen molar-refractivity contribution in [3.63, 3.8) is 0 Å². The molecule has 0 fully saturated rings. The van der Waals surface area contributed by atoms with Crippen molar-refractivity contribution in [2.24, 2.45) is 5.92 Å². The maximum Gasteiger partial charge on any atom is 0.305 e. The van der Waals surface area contributed by atoms with E-state index in [1.54, 1.807) is 0 Å². The van der Waals surface area contributed by atoms with Gasteiger partial charge in [-0.25, -0.2) is 0 Å². The Morgan fingerprint density at radius 2 is 1.14 bits per heavy atom. The summed E-state index contributed by atoms with van der Waals surface area (Å²) in [6.07, 6.45) is 10.1. The van der Waals surface area contributed by atoms with Crippen LogP contribution in [0.25, 0.3) is 0 Å². The van der Waals surface area contributed by atoms with Gasteiger partial charge in [-0.3, -0.25) is 4.79 Å². The molecule has 0 bridgehead atoms. The normalized spacial score (nSPS) is 12.2. The second-order valence-electron chi connectivity index (χ2n) is 7.52. The Morgan fingerprint density at radius 3 is 1.69 bits per heavy atom. The predicted octanol–water partition coefficient (Wildman–Crippen LogP) is 4.78. The van der Waals surface area contributed by atoms with Crippen LogP contribution in [-0.2, 0) is 28.5 Å². The summed E-state index contributed by atoms with van der Waals surface area (Å²) in [6, 6.07) is 0. The summed E-state index contributed by atoms with van der Waals surface area (Å²) in [5.74, 6) is 0.482. The Bertz CT molecular complexity index is 337. The lowest BCUT2D eigenvalue weighted by molar-refractivity contribution is -0.145. The minimum absolute atomic E-state index is 0.122. The number of hydrogen-bond acceptors (Lipinski definition) is 6. The molecule has 1 atom stereocenters. The van der Waals surface area contributed by atoms with E-state index in [0.717, 1.165) is 25.9 Å². The molecule has 0 aromatic carbocycles. The van der Waals surface area contributed by atoms with Crippen LogP contribution in [0.1, 0.15) is 78.6 Å². The molecule has 0 aromatic heterocycles. The smallest absolute Gasteiger partial charge is 0.305 e.